The van der Waals surface area contributed by atoms with Gasteiger partial charge in [0.15, 0.2) is 0 Å². The molecule has 3 rings (SSSR count). The second kappa shape index (κ2) is 8.87. The number of hydrogen-bond acceptors (Lipinski definition) is 3. The van der Waals surface area contributed by atoms with Crippen LogP contribution in [0.2, 0.25) is 0 Å². The summed E-state index contributed by atoms with van der Waals surface area (Å²) in [6, 6.07) is 22.5. The van der Waals surface area contributed by atoms with Crippen molar-refractivity contribution in [1.29, 1.82) is 0 Å². The van der Waals surface area contributed by atoms with Crippen LogP contribution in [0.5, 0.6) is 5.75 Å². The van der Waals surface area contributed by atoms with Crippen molar-refractivity contribution < 1.29 is 14.6 Å². The minimum Gasteiger partial charge on any atom is -0.497 e. The first-order valence-corrected chi connectivity index (χ1v) is 8.71. The number of para-hydroxylation sites is 1. The first-order chi connectivity index (χ1) is 13.2. The molecule has 0 bridgehead atoms. The average molecular weight is 362 g/mol. The second-order valence-corrected chi connectivity index (χ2v) is 6.02. The van der Waals surface area contributed by atoms with Gasteiger partial charge in [0.2, 0.25) is 0 Å². The van der Waals surface area contributed by atoms with Gasteiger partial charge in [-0.05, 0) is 53.4 Å². The Hall–Kier alpha value is -3.31. The van der Waals surface area contributed by atoms with E-state index in [0.717, 1.165) is 22.4 Å². The quantitative estimate of drug-likeness (QED) is 0.603. The number of carbonyl (C=O) groups excluding carboxylic acids is 1. The van der Waals surface area contributed by atoms with Gasteiger partial charge in [-0.15, -0.1) is 0 Å². The molecule has 0 radical (unpaired) electrons. The van der Waals surface area contributed by atoms with E-state index in [2.05, 4.69) is 10.6 Å². The molecule has 3 aromatic carbocycles. The van der Waals surface area contributed by atoms with Crippen molar-refractivity contribution in [3.63, 3.8) is 0 Å². The highest BCUT2D eigenvalue weighted by Crippen LogP contribution is 2.26. The first kappa shape index (κ1) is 18.5. The number of ether oxygens (including phenoxy) is 1. The molecule has 0 aromatic heterocycles. The highest BCUT2D eigenvalue weighted by Gasteiger charge is 2.08. The van der Waals surface area contributed by atoms with E-state index in [0.29, 0.717) is 17.8 Å². The standard InChI is InChI=1S/C22H22N2O3/c1-27-20-10-5-8-18(15-20)17-7-4-9-19(14-17)23-22(26)24-21-11-3-2-6-16(21)12-13-25/h2-11,14-15,25H,12-13H2,1H3,(H2,23,24,26). The third-order valence-electron chi connectivity index (χ3n) is 4.17. The van der Waals surface area contributed by atoms with Crippen LogP contribution in [0.4, 0.5) is 16.2 Å². The summed E-state index contributed by atoms with van der Waals surface area (Å²) in [5.41, 5.74) is 4.25. The summed E-state index contributed by atoms with van der Waals surface area (Å²) < 4.78 is 5.27. The van der Waals surface area contributed by atoms with Gasteiger partial charge in [-0.25, -0.2) is 4.79 Å². The van der Waals surface area contributed by atoms with Gasteiger partial charge in [0.05, 0.1) is 7.11 Å². The van der Waals surface area contributed by atoms with Gasteiger partial charge in [-0.3, -0.25) is 0 Å². The lowest BCUT2D eigenvalue weighted by atomic mass is 10.0. The van der Waals surface area contributed by atoms with Crippen molar-refractivity contribution >= 4 is 17.4 Å². The van der Waals surface area contributed by atoms with Gasteiger partial charge in [0, 0.05) is 18.0 Å². The molecule has 5 heteroatoms. The normalized spacial score (nSPS) is 10.3. The summed E-state index contributed by atoms with van der Waals surface area (Å²) in [5.74, 6) is 0.782. The topological polar surface area (TPSA) is 70.6 Å². The van der Waals surface area contributed by atoms with E-state index >= 15 is 0 Å². The van der Waals surface area contributed by atoms with Crippen molar-refractivity contribution in [1.82, 2.24) is 0 Å². The van der Waals surface area contributed by atoms with Crippen molar-refractivity contribution in [2.24, 2.45) is 0 Å². The van der Waals surface area contributed by atoms with Crippen molar-refractivity contribution in [2.45, 2.75) is 6.42 Å². The zero-order valence-corrected chi connectivity index (χ0v) is 15.1. The van der Waals surface area contributed by atoms with Crippen LogP contribution in [0.3, 0.4) is 0 Å². The van der Waals surface area contributed by atoms with Crippen LogP contribution in [0.1, 0.15) is 5.56 Å². The lowest BCUT2D eigenvalue weighted by Gasteiger charge is -2.12. The highest BCUT2D eigenvalue weighted by molar-refractivity contribution is 6.00. The van der Waals surface area contributed by atoms with Crippen LogP contribution in [0.25, 0.3) is 11.1 Å². The van der Waals surface area contributed by atoms with Crippen LogP contribution in [-0.4, -0.2) is 24.9 Å². The lowest BCUT2D eigenvalue weighted by molar-refractivity contribution is 0.262. The van der Waals surface area contributed by atoms with E-state index in [4.69, 9.17) is 9.84 Å². The number of hydrogen-bond donors (Lipinski definition) is 3. The minimum atomic E-state index is -0.330. The molecular weight excluding hydrogens is 340 g/mol. The zero-order valence-electron chi connectivity index (χ0n) is 15.1. The minimum absolute atomic E-state index is 0.0307. The fraction of sp³-hybridized carbons (Fsp3) is 0.136. The van der Waals surface area contributed by atoms with Gasteiger partial charge in [-0.2, -0.15) is 0 Å². The van der Waals surface area contributed by atoms with Gasteiger partial charge < -0.3 is 20.5 Å². The zero-order chi connectivity index (χ0) is 19.1. The molecule has 0 spiro atoms. The third-order valence-corrected chi connectivity index (χ3v) is 4.17. The Balaban J connectivity index is 1.73. The fourth-order valence-electron chi connectivity index (χ4n) is 2.84. The molecule has 0 saturated heterocycles. The molecule has 0 atom stereocenters. The van der Waals surface area contributed by atoms with E-state index in [1.54, 1.807) is 7.11 Å². The number of urea groups is 1. The molecule has 0 heterocycles. The fourth-order valence-corrected chi connectivity index (χ4v) is 2.84. The van der Waals surface area contributed by atoms with Crippen molar-refractivity contribution in [3.8, 4) is 16.9 Å². The smallest absolute Gasteiger partial charge is 0.323 e. The molecule has 3 N–H and O–H groups in total. The van der Waals surface area contributed by atoms with Crippen molar-refractivity contribution in [3.05, 3.63) is 78.4 Å². The molecule has 0 aliphatic heterocycles. The molecule has 2 amide bonds. The summed E-state index contributed by atoms with van der Waals surface area (Å²) in [6.07, 6.45) is 0.488. The first-order valence-electron chi connectivity index (χ1n) is 8.71. The molecule has 0 aliphatic rings. The van der Waals surface area contributed by atoms with E-state index in [-0.39, 0.29) is 12.6 Å². The molecule has 3 aromatic rings. The van der Waals surface area contributed by atoms with E-state index in [9.17, 15) is 4.79 Å². The largest absolute Gasteiger partial charge is 0.497 e. The Labute approximate surface area is 158 Å². The summed E-state index contributed by atoms with van der Waals surface area (Å²) in [5, 5.41) is 14.8. The van der Waals surface area contributed by atoms with Crippen LogP contribution in [-0.2, 0) is 6.42 Å². The summed E-state index contributed by atoms with van der Waals surface area (Å²) >= 11 is 0. The van der Waals surface area contributed by atoms with E-state index in [1.807, 2.05) is 72.8 Å². The van der Waals surface area contributed by atoms with Gasteiger partial charge >= 0.3 is 6.03 Å². The number of aliphatic hydroxyl groups excluding tert-OH is 1. The molecule has 0 saturated carbocycles. The highest BCUT2D eigenvalue weighted by atomic mass is 16.5. The van der Waals surface area contributed by atoms with Crippen LogP contribution >= 0.6 is 0 Å². The van der Waals surface area contributed by atoms with Gasteiger partial charge in [-0.1, -0.05) is 42.5 Å². The lowest BCUT2D eigenvalue weighted by Crippen LogP contribution is -2.20. The number of anilines is 2. The molecular formula is C22H22N2O3. The molecule has 138 valence electrons. The Bertz CT molecular complexity index is 925. The van der Waals surface area contributed by atoms with E-state index in [1.165, 1.54) is 0 Å². The average Bonchev–Trinajstić information content (AvgIpc) is 2.70. The molecule has 27 heavy (non-hydrogen) atoms. The number of benzene rings is 3. The number of carbonyl (C=O) groups is 1. The second-order valence-electron chi connectivity index (χ2n) is 6.02. The monoisotopic (exact) mass is 362 g/mol. The number of amides is 2. The number of rotatable bonds is 6. The summed E-state index contributed by atoms with van der Waals surface area (Å²) in [4.78, 5) is 12.4. The Morgan fingerprint density at radius 1 is 0.926 bits per heavy atom. The number of nitrogens with one attached hydrogen (secondary N) is 2. The molecule has 0 fully saturated rings. The maximum Gasteiger partial charge on any atom is 0.323 e. The molecule has 0 aliphatic carbocycles. The van der Waals surface area contributed by atoms with Crippen molar-refractivity contribution in [2.75, 3.05) is 24.4 Å². The predicted molar refractivity (Wildman–Crippen MR) is 108 cm³/mol. The Morgan fingerprint density at radius 3 is 2.44 bits per heavy atom. The van der Waals surface area contributed by atoms with Gasteiger partial charge in [0.25, 0.3) is 0 Å². The number of aliphatic hydroxyl groups is 1. The Kier molecular flexibility index (Phi) is 6.07. The van der Waals surface area contributed by atoms with Gasteiger partial charge in [0.1, 0.15) is 5.75 Å². The molecule has 5 nitrogen and oxygen atoms in total. The predicted octanol–water partition coefficient (Wildman–Crippen LogP) is 4.54. The molecule has 0 unspecified atom stereocenters. The summed E-state index contributed by atoms with van der Waals surface area (Å²) in [6.45, 7) is 0.0307. The van der Waals surface area contributed by atoms with Crippen LogP contribution < -0.4 is 15.4 Å². The summed E-state index contributed by atoms with van der Waals surface area (Å²) in [7, 11) is 1.63. The third kappa shape index (κ3) is 4.86. The maximum absolute atomic E-state index is 12.4. The number of methoxy groups -OCH3 is 1. The van der Waals surface area contributed by atoms with E-state index < -0.39 is 0 Å². The van der Waals surface area contributed by atoms with Crippen LogP contribution in [0.15, 0.2) is 72.8 Å². The Morgan fingerprint density at radius 2 is 1.67 bits per heavy atom. The SMILES string of the molecule is COc1cccc(-c2cccc(NC(=O)Nc3ccccc3CCO)c2)c1. The maximum atomic E-state index is 12.4. The van der Waals surface area contributed by atoms with Crippen LogP contribution in [0, 0.1) is 0 Å².